The van der Waals surface area contributed by atoms with Gasteiger partial charge in [-0.2, -0.15) is 0 Å². The molecule has 0 saturated heterocycles. The van der Waals surface area contributed by atoms with E-state index in [-0.39, 0.29) is 39.3 Å². The lowest BCUT2D eigenvalue weighted by Crippen LogP contribution is -2.13. The van der Waals surface area contributed by atoms with Crippen LogP contribution >= 0.6 is 0 Å². The maximum absolute atomic E-state index is 11.6. The summed E-state index contributed by atoms with van der Waals surface area (Å²) in [5, 5.41) is 36.7. The summed E-state index contributed by atoms with van der Waals surface area (Å²) in [4.78, 5) is 37.4. The van der Waals surface area contributed by atoms with E-state index >= 15 is 0 Å². The van der Waals surface area contributed by atoms with Crippen LogP contribution in [0.25, 0.3) is 11.1 Å². The molecule has 9 nitrogen and oxygen atoms in total. The number of aliphatic hydroxyl groups is 1. The molecule has 3 N–H and O–H groups in total. The number of benzene rings is 1. The first-order valence-corrected chi connectivity index (χ1v) is 6.91. The predicted octanol–water partition coefficient (Wildman–Crippen LogP) is 2.28. The minimum atomic E-state index is -1.35. The molecule has 9 heteroatoms. The van der Waals surface area contributed by atoms with E-state index in [2.05, 4.69) is 4.98 Å². The van der Waals surface area contributed by atoms with E-state index in [1.54, 1.807) is 0 Å². The Labute approximate surface area is 142 Å². The zero-order valence-electron chi connectivity index (χ0n) is 13.7. The third-order valence-electron chi connectivity index (χ3n) is 3.33. The molecule has 0 aliphatic carbocycles. The zero-order chi connectivity index (χ0) is 19.3. The Morgan fingerprint density at radius 2 is 1.52 bits per heavy atom. The number of hydrogen-bond acceptors (Lipinski definition) is 6. The fourth-order valence-electron chi connectivity index (χ4n) is 2.44. The molecule has 0 saturated carbocycles. The third-order valence-corrected chi connectivity index (χ3v) is 3.33. The summed E-state index contributed by atoms with van der Waals surface area (Å²) in [5.74, 6) is -2.70. The number of carboxylic acid groups (broad SMARTS) is 2. The van der Waals surface area contributed by atoms with Gasteiger partial charge in [0.2, 0.25) is 0 Å². The summed E-state index contributed by atoms with van der Waals surface area (Å²) in [6, 6.07) is 5.19. The Bertz CT molecular complexity index is 808. The summed E-state index contributed by atoms with van der Waals surface area (Å²) in [5.41, 5.74) is -0.492. The first-order chi connectivity index (χ1) is 11.7. The largest absolute Gasteiger partial charge is 0.478 e. The van der Waals surface area contributed by atoms with E-state index in [0.717, 1.165) is 13.2 Å². The molecule has 0 aliphatic heterocycles. The molecule has 0 radical (unpaired) electrons. The number of non-ortho nitro benzene ring substituents is 1. The van der Waals surface area contributed by atoms with Gasteiger partial charge in [-0.05, 0) is 19.4 Å². The predicted molar refractivity (Wildman–Crippen MR) is 87.9 cm³/mol. The molecule has 0 aliphatic rings. The van der Waals surface area contributed by atoms with Gasteiger partial charge in [0.1, 0.15) is 0 Å². The highest BCUT2D eigenvalue weighted by Crippen LogP contribution is 2.33. The lowest BCUT2D eigenvalue weighted by molar-refractivity contribution is -0.384. The van der Waals surface area contributed by atoms with Crippen molar-refractivity contribution in [3.05, 3.63) is 56.9 Å². The highest BCUT2D eigenvalue weighted by molar-refractivity contribution is 6.06. The fourth-order valence-corrected chi connectivity index (χ4v) is 2.44. The van der Waals surface area contributed by atoms with Crippen molar-refractivity contribution < 1.29 is 29.8 Å². The summed E-state index contributed by atoms with van der Waals surface area (Å²) in [6.07, 6.45) is 0. The molecule has 1 aromatic heterocycles. The molecule has 0 amide bonds. The van der Waals surface area contributed by atoms with E-state index < -0.39 is 16.9 Å². The van der Waals surface area contributed by atoms with Crippen LogP contribution < -0.4 is 0 Å². The summed E-state index contributed by atoms with van der Waals surface area (Å²) >= 11 is 0. The number of nitro benzene ring substituents is 1. The highest BCUT2D eigenvalue weighted by Gasteiger charge is 2.26. The molecule has 132 valence electrons. The van der Waals surface area contributed by atoms with Crippen molar-refractivity contribution in [1.29, 1.82) is 0 Å². The molecule has 0 unspecified atom stereocenters. The van der Waals surface area contributed by atoms with Crippen LogP contribution in [0.5, 0.6) is 0 Å². The number of aryl methyl sites for hydroxylation is 2. The molecule has 1 heterocycles. The van der Waals surface area contributed by atoms with Crippen molar-refractivity contribution in [3.8, 4) is 11.1 Å². The van der Waals surface area contributed by atoms with E-state index in [9.17, 15) is 29.9 Å². The standard InChI is InChI=1S/C15H12N2O6.CH4O/c1-7-11(14(18)19)13(12(15(20)21)8(2)16-7)9-4-3-5-10(6-9)17(22)23;1-2/h3-6H,1-2H3,(H,18,19)(H,20,21);2H,1H3. The summed E-state index contributed by atoms with van der Waals surface area (Å²) in [7, 11) is 1.00. The molecule has 25 heavy (non-hydrogen) atoms. The van der Waals surface area contributed by atoms with E-state index in [1.807, 2.05) is 0 Å². The van der Waals surface area contributed by atoms with E-state index in [4.69, 9.17) is 5.11 Å². The van der Waals surface area contributed by atoms with Crippen LogP contribution in [0.2, 0.25) is 0 Å². The molecule has 0 spiro atoms. The number of carboxylic acids is 2. The van der Waals surface area contributed by atoms with Gasteiger partial charge in [-0.1, -0.05) is 12.1 Å². The SMILES string of the molecule is CO.Cc1nc(C)c(C(=O)O)c(-c2cccc([N+](=O)[O-])c2)c1C(=O)O. The van der Waals surface area contributed by atoms with Gasteiger partial charge in [-0.25, -0.2) is 9.59 Å². The second kappa shape index (κ2) is 7.97. The molecule has 2 rings (SSSR count). The van der Waals surface area contributed by atoms with Crippen LogP contribution in [0.4, 0.5) is 5.69 Å². The molecule has 2 aromatic rings. The molecule has 0 fully saturated rings. The number of rotatable bonds is 4. The molecular weight excluding hydrogens is 332 g/mol. The number of aromatic carboxylic acids is 2. The summed E-state index contributed by atoms with van der Waals surface area (Å²) < 4.78 is 0. The number of nitro groups is 1. The van der Waals surface area contributed by atoms with Gasteiger partial charge in [0.05, 0.1) is 27.4 Å². The quantitative estimate of drug-likeness (QED) is 0.562. The summed E-state index contributed by atoms with van der Waals surface area (Å²) in [6.45, 7) is 2.89. The number of aliphatic hydroxyl groups excluding tert-OH is 1. The smallest absolute Gasteiger partial charge is 0.338 e. The molecular formula is C16H16N2O7. The van der Waals surface area contributed by atoms with Crippen LogP contribution in [-0.2, 0) is 0 Å². The lowest BCUT2D eigenvalue weighted by Gasteiger charge is -2.14. The Kier molecular flexibility index (Phi) is 6.29. The first kappa shape index (κ1) is 19.7. The van der Waals surface area contributed by atoms with Gasteiger partial charge in [0, 0.05) is 24.8 Å². The number of hydrogen-bond donors (Lipinski definition) is 3. The van der Waals surface area contributed by atoms with Crippen molar-refractivity contribution in [2.24, 2.45) is 0 Å². The van der Waals surface area contributed by atoms with E-state index in [0.29, 0.717) is 0 Å². The second-order valence-corrected chi connectivity index (χ2v) is 4.83. The molecule has 1 aromatic carbocycles. The number of carbonyl (C=O) groups is 2. The lowest BCUT2D eigenvalue weighted by atomic mass is 9.92. The minimum absolute atomic E-state index is 0.0845. The number of pyridine rings is 1. The number of nitrogens with zero attached hydrogens (tertiary/aromatic N) is 2. The van der Waals surface area contributed by atoms with Crippen molar-refractivity contribution in [2.75, 3.05) is 7.11 Å². The second-order valence-electron chi connectivity index (χ2n) is 4.83. The van der Waals surface area contributed by atoms with Crippen LogP contribution in [0.3, 0.4) is 0 Å². The van der Waals surface area contributed by atoms with Gasteiger partial charge in [0.15, 0.2) is 0 Å². The van der Waals surface area contributed by atoms with Crippen LogP contribution in [0.15, 0.2) is 24.3 Å². The van der Waals surface area contributed by atoms with Gasteiger partial charge >= 0.3 is 11.9 Å². The Morgan fingerprint density at radius 3 is 1.92 bits per heavy atom. The zero-order valence-corrected chi connectivity index (χ0v) is 13.7. The maximum atomic E-state index is 11.6. The first-order valence-electron chi connectivity index (χ1n) is 6.91. The fraction of sp³-hybridized carbons (Fsp3) is 0.188. The van der Waals surface area contributed by atoms with Gasteiger partial charge in [0.25, 0.3) is 5.69 Å². The minimum Gasteiger partial charge on any atom is -0.478 e. The maximum Gasteiger partial charge on any atom is 0.338 e. The molecule has 0 bridgehead atoms. The molecule has 0 atom stereocenters. The van der Waals surface area contributed by atoms with Crippen molar-refractivity contribution >= 4 is 17.6 Å². The van der Waals surface area contributed by atoms with Crippen LogP contribution in [0, 0.1) is 24.0 Å². The van der Waals surface area contributed by atoms with Crippen molar-refractivity contribution in [1.82, 2.24) is 4.98 Å². The average Bonchev–Trinajstić information content (AvgIpc) is 2.55. The van der Waals surface area contributed by atoms with E-state index in [1.165, 1.54) is 32.0 Å². The number of aromatic nitrogens is 1. The van der Waals surface area contributed by atoms with Crippen molar-refractivity contribution in [3.63, 3.8) is 0 Å². The van der Waals surface area contributed by atoms with Gasteiger partial charge < -0.3 is 15.3 Å². The average molecular weight is 348 g/mol. The third kappa shape index (κ3) is 3.96. The van der Waals surface area contributed by atoms with Gasteiger partial charge in [-0.3, -0.25) is 15.1 Å². The Hall–Kier alpha value is -3.33. The van der Waals surface area contributed by atoms with Crippen LogP contribution in [0.1, 0.15) is 32.1 Å². The Balaban J connectivity index is 0.00000151. The normalized spacial score (nSPS) is 9.76. The highest BCUT2D eigenvalue weighted by atomic mass is 16.6. The van der Waals surface area contributed by atoms with Gasteiger partial charge in [-0.15, -0.1) is 0 Å². The Morgan fingerprint density at radius 1 is 1.04 bits per heavy atom. The van der Waals surface area contributed by atoms with Crippen LogP contribution in [-0.4, -0.2) is 44.3 Å². The monoisotopic (exact) mass is 348 g/mol. The topological polar surface area (TPSA) is 151 Å². The van der Waals surface area contributed by atoms with Crippen molar-refractivity contribution in [2.45, 2.75) is 13.8 Å².